The highest BCUT2D eigenvalue weighted by atomic mass is 16.5. The number of benzene rings is 1. The second-order valence-electron chi connectivity index (χ2n) is 4.75. The number of nitrogens with zero attached hydrogens (tertiary/aromatic N) is 1. The minimum absolute atomic E-state index is 0.0599. The summed E-state index contributed by atoms with van der Waals surface area (Å²) in [6, 6.07) is 11.4. The van der Waals surface area contributed by atoms with Gasteiger partial charge in [-0.25, -0.2) is 0 Å². The smallest absolute Gasteiger partial charge is 0.119 e. The van der Waals surface area contributed by atoms with Gasteiger partial charge in [0.2, 0.25) is 0 Å². The summed E-state index contributed by atoms with van der Waals surface area (Å²) in [6.45, 7) is 2.66. The molecule has 2 aromatic rings. The molecule has 0 aliphatic rings. The van der Waals surface area contributed by atoms with Gasteiger partial charge in [-0.3, -0.25) is 4.98 Å². The van der Waals surface area contributed by atoms with Crippen molar-refractivity contribution in [2.45, 2.75) is 25.6 Å². The number of ether oxygens (including phenoxy) is 1. The number of rotatable bonds is 6. The fraction of sp³-hybridized carbons (Fsp3) is 0.312. The van der Waals surface area contributed by atoms with Crippen molar-refractivity contribution in [3.05, 3.63) is 59.9 Å². The quantitative estimate of drug-likeness (QED) is 0.847. The van der Waals surface area contributed by atoms with Gasteiger partial charge in [0.15, 0.2) is 0 Å². The largest absolute Gasteiger partial charge is 0.497 e. The molecule has 1 heterocycles. The number of hydrogen-bond donors (Lipinski definition) is 2. The molecular weight excluding hydrogens is 252 g/mol. The normalized spacial score (nSPS) is 13.8. The van der Waals surface area contributed by atoms with Crippen LogP contribution in [-0.2, 0) is 6.54 Å². The van der Waals surface area contributed by atoms with Crippen molar-refractivity contribution < 1.29 is 9.84 Å². The summed E-state index contributed by atoms with van der Waals surface area (Å²) in [7, 11) is 1.62. The molecule has 2 unspecified atom stereocenters. The lowest BCUT2D eigenvalue weighted by molar-refractivity contribution is 0.135. The summed E-state index contributed by atoms with van der Waals surface area (Å²) in [4.78, 5) is 3.98. The zero-order valence-electron chi connectivity index (χ0n) is 11.8. The molecule has 0 amide bonds. The Labute approximate surface area is 119 Å². The molecule has 20 heavy (non-hydrogen) atoms. The maximum atomic E-state index is 10.4. The van der Waals surface area contributed by atoms with E-state index in [9.17, 15) is 5.11 Å². The van der Waals surface area contributed by atoms with Crippen molar-refractivity contribution in [1.82, 2.24) is 10.3 Å². The molecule has 0 bridgehead atoms. The van der Waals surface area contributed by atoms with Crippen LogP contribution in [0.25, 0.3) is 0 Å². The van der Waals surface area contributed by atoms with Crippen molar-refractivity contribution in [2.75, 3.05) is 7.11 Å². The van der Waals surface area contributed by atoms with Crippen LogP contribution in [0.2, 0.25) is 0 Å². The summed E-state index contributed by atoms with van der Waals surface area (Å²) < 4.78 is 5.18. The third-order valence-electron chi connectivity index (χ3n) is 3.29. The summed E-state index contributed by atoms with van der Waals surface area (Å²) in [5.74, 6) is 0.753. The first-order valence-electron chi connectivity index (χ1n) is 6.65. The van der Waals surface area contributed by atoms with Crippen LogP contribution in [0.1, 0.15) is 24.2 Å². The number of aromatic nitrogens is 1. The summed E-state index contributed by atoms with van der Waals surface area (Å²) in [6.07, 6.45) is 2.95. The van der Waals surface area contributed by atoms with E-state index in [0.717, 1.165) is 16.9 Å². The second kappa shape index (κ2) is 7.03. The molecule has 4 heteroatoms. The minimum Gasteiger partial charge on any atom is -0.497 e. The first-order valence-corrected chi connectivity index (χ1v) is 6.65. The second-order valence-corrected chi connectivity index (χ2v) is 4.75. The highest BCUT2D eigenvalue weighted by molar-refractivity contribution is 5.30. The number of hydrogen-bond acceptors (Lipinski definition) is 4. The molecule has 0 radical (unpaired) electrons. The summed E-state index contributed by atoms with van der Waals surface area (Å²) in [5.41, 5.74) is 1.99. The van der Waals surface area contributed by atoms with Gasteiger partial charge in [-0.2, -0.15) is 0 Å². The minimum atomic E-state index is -0.577. The molecule has 0 aliphatic heterocycles. The van der Waals surface area contributed by atoms with E-state index in [0.29, 0.717) is 6.54 Å². The van der Waals surface area contributed by atoms with E-state index in [2.05, 4.69) is 10.3 Å². The number of pyridine rings is 1. The first kappa shape index (κ1) is 14.5. The molecule has 0 saturated heterocycles. The average molecular weight is 272 g/mol. The molecule has 2 atom stereocenters. The Kier molecular flexibility index (Phi) is 5.09. The van der Waals surface area contributed by atoms with Crippen LogP contribution in [-0.4, -0.2) is 23.2 Å². The van der Waals surface area contributed by atoms with Crippen molar-refractivity contribution >= 4 is 0 Å². The van der Waals surface area contributed by atoms with E-state index in [1.807, 2.05) is 43.3 Å². The topological polar surface area (TPSA) is 54.4 Å². The molecule has 1 aromatic heterocycles. The summed E-state index contributed by atoms with van der Waals surface area (Å²) in [5, 5.41) is 13.7. The molecule has 0 fully saturated rings. The molecule has 2 N–H and O–H groups in total. The predicted octanol–water partition coefficient (Wildman–Crippen LogP) is 2.30. The fourth-order valence-electron chi connectivity index (χ4n) is 2.01. The third kappa shape index (κ3) is 3.79. The Bertz CT molecular complexity index is 531. The van der Waals surface area contributed by atoms with E-state index in [-0.39, 0.29) is 6.04 Å². The molecule has 4 nitrogen and oxygen atoms in total. The highest BCUT2D eigenvalue weighted by Crippen LogP contribution is 2.21. The van der Waals surface area contributed by atoms with E-state index in [1.54, 1.807) is 19.5 Å². The zero-order valence-corrected chi connectivity index (χ0v) is 11.8. The monoisotopic (exact) mass is 272 g/mol. The van der Waals surface area contributed by atoms with Crippen molar-refractivity contribution in [1.29, 1.82) is 0 Å². The SMILES string of the molecule is COc1cccc(C(O)C(C)NCc2ccncc2)c1. The van der Waals surface area contributed by atoms with Crippen LogP contribution in [0.3, 0.4) is 0 Å². The number of nitrogens with one attached hydrogen (secondary N) is 1. The van der Waals surface area contributed by atoms with Gasteiger partial charge < -0.3 is 15.2 Å². The van der Waals surface area contributed by atoms with E-state index in [4.69, 9.17) is 4.74 Å². The van der Waals surface area contributed by atoms with Gasteiger partial charge in [-0.15, -0.1) is 0 Å². The van der Waals surface area contributed by atoms with E-state index in [1.165, 1.54) is 0 Å². The van der Waals surface area contributed by atoms with Crippen LogP contribution in [0.4, 0.5) is 0 Å². The Morgan fingerprint density at radius 1 is 1.25 bits per heavy atom. The van der Waals surface area contributed by atoms with Crippen molar-refractivity contribution in [3.8, 4) is 5.75 Å². The van der Waals surface area contributed by atoms with Crippen molar-refractivity contribution in [2.24, 2.45) is 0 Å². The predicted molar refractivity (Wildman–Crippen MR) is 78.5 cm³/mol. The molecule has 0 saturated carbocycles. The van der Waals surface area contributed by atoms with Crippen LogP contribution < -0.4 is 10.1 Å². The van der Waals surface area contributed by atoms with Gasteiger partial charge in [-0.05, 0) is 42.3 Å². The molecule has 1 aromatic carbocycles. The maximum Gasteiger partial charge on any atom is 0.119 e. The van der Waals surface area contributed by atoms with Crippen LogP contribution in [0, 0.1) is 0 Å². The molecular formula is C16H20N2O2. The summed E-state index contributed by atoms with van der Waals surface area (Å²) >= 11 is 0. The molecule has 0 spiro atoms. The molecule has 2 rings (SSSR count). The van der Waals surface area contributed by atoms with E-state index >= 15 is 0 Å². The Morgan fingerprint density at radius 2 is 2.00 bits per heavy atom. The van der Waals surface area contributed by atoms with E-state index < -0.39 is 6.10 Å². The maximum absolute atomic E-state index is 10.4. The van der Waals surface area contributed by atoms with Crippen LogP contribution >= 0.6 is 0 Å². The highest BCUT2D eigenvalue weighted by Gasteiger charge is 2.16. The van der Waals surface area contributed by atoms with Gasteiger partial charge in [0.1, 0.15) is 5.75 Å². The first-order chi connectivity index (χ1) is 9.70. The Morgan fingerprint density at radius 3 is 2.70 bits per heavy atom. The number of aliphatic hydroxyl groups excluding tert-OH is 1. The molecule has 0 aliphatic carbocycles. The average Bonchev–Trinajstić information content (AvgIpc) is 2.53. The van der Waals surface area contributed by atoms with Crippen LogP contribution in [0.5, 0.6) is 5.75 Å². The van der Waals surface area contributed by atoms with Gasteiger partial charge in [0, 0.05) is 25.0 Å². The van der Waals surface area contributed by atoms with Crippen LogP contribution in [0.15, 0.2) is 48.8 Å². The zero-order chi connectivity index (χ0) is 14.4. The van der Waals surface area contributed by atoms with Gasteiger partial charge in [0.05, 0.1) is 13.2 Å². The van der Waals surface area contributed by atoms with Gasteiger partial charge in [-0.1, -0.05) is 12.1 Å². The number of aliphatic hydroxyl groups is 1. The van der Waals surface area contributed by atoms with Gasteiger partial charge >= 0.3 is 0 Å². The third-order valence-corrected chi connectivity index (χ3v) is 3.29. The Balaban J connectivity index is 1.95. The lowest BCUT2D eigenvalue weighted by atomic mass is 10.0. The fourth-order valence-corrected chi connectivity index (χ4v) is 2.01. The number of methoxy groups -OCH3 is 1. The Hall–Kier alpha value is -1.91. The lowest BCUT2D eigenvalue weighted by Gasteiger charge is -2.21. The molecule has 106 valence electrons. The van der Waals surface area contributed by atoms with Gasteiger partial charge in [0.25, 0.3) is 0 Å². The van der Waals surface area contributed by atoms with Crippen molar-refractivity contribution in [3.63, 3.8) is 0 Å². The lowest BCUT2D eigenvalue weighted by Crippen LogP contribution is -2.31. The standard InChI is InChI=1S/C16H20N2O2/c1-12(18-11-13-6-8-17-9-7-13)16(19)14-4-3-5-15(10-14)20-2/h3-10,12,16,18-19H,11H2,1-2H3.